The topological polar surface area (TPSA) is 142 Å². The van der Waals surface area contributed by atoms with Crippen LogP contribution in [-0.2, 0) is 43.1 Å². The molecule has 9 nitrogen and oxygen atoms in total. The largest absolute Gasteiger partial charge is 0.394 e. The molecule has 3 aromatic rings. The summed E-state index contributed by atoms with van der Waals surface area (Å²) in [4.78, 5) is 11.1. The van der Waals surface area contributed by atoms with Crippen molar-refractivity contribution >= 4 is 32.1 Å². The van der Waals surface area contributed by atoms with E-state index in [4.69, 9.17) is 15.6 Å². The number of nitrogens with zero attached hydrogens (tertiary/aromatic N) is 3. The number of hydrogen-bond acceptors (Lipinski definition) is 7. The van der Waals surface area contributed by atoms with Gasteiger partial charge in [-0.05, 0) is 0 Å². The second-order valence-corrected chi connectivity index (χ2v) is 9.67. The molecule has 139 valence electrons. The summed E-state index contributed by atoms with van der Waals surface area (Å²) in [7, 11) is 0. The normalized spacial score (nSPS) is 24.6. The average Bonchev–Trinajstić information content (AvgIpc) is 3.21. The van der Waals surface area contributed by atoms with E-state index < -0.39 is 24.5 Å². The molecule has 3 heterocycles. The molecule has 4 rings (SSSR count). The molecule has 0 bridgehead atoms. The summed E-state index contributed by atoms with van der Waals surface area (Å²) in [6.45, 7) is -0.375. The number of imidazole rings is 1. The van der Waals surface area contributed by atoms with Crippen molar-refractivity contribution in [2.24, 2.45) is 0 Å². The predicted molar refractivity (Wildman–Crippen MR) is 97.4 cm³/mol. The Bertz CT molecular complexity index is 942. The Hall–Kier alpha value is -1.43. The van der Waals surface area contributed by atoms with E-state index in [0.717, 1.165) is 31.8 Å². The summed E-state index contributed by atoms with van der Waals surface area (Å²) in [5.41, 5.74) is 7.31. The van der Waals surface area contributed by atoms with Gasteiger partial charge in [0.15, 0.2) is 29.6 Å². The van der Waals surface area contributed by atoms with Crippen LogP contribution in [0.3, 0.4) is 0 Å². The van der Waals surface area contributed by atoms with Crippen LogP contribution < -0.4 is 8.81 Å². The van der Waals surface area contributed by atoms with E-state index in [-0.39, 0.29) is 6.61 Å². The van der Waals surface area contributed by atoms with Gasteiger partial charge in [0.25, 0.3) is 0 Å². The number of ether oxygens (including phenoxy) is 1. The maximum absolute atomic E-state index is 9.97. The number of rotatable bonds is 2. The van der Waals surface area contributed by atoms with Crippen molar-refractivity contribution in [2.45, 2.75) is 24.5 Å². The third kappa shape index (κ3) is 4.36. The molecule has 1 saturated heterocycles. The molecule has 1 aromatic carbocycles. The quantitative estimate of drug-likeness (QED) is 0.0831. The van der Waals surface area contributed by atoms with Crippen LogP contribution in [0.25, 0.3) is 11.2 Å². The number of aromatic nitrogens is 4. The second-order valence-electron chi connectivity index (χ2n) is 6.05. The molecule has 0 radical (unpaired) electrons. The Morgan fingerprint density at radius 1 is 1.22 bits per heavy atom. The maximum Gasteiger partial charge on any atom is 0.323 e. The van der Waals surface area contributed by atoms with Gasteiger partial charge in [0.2, 0.25) is 0 Å². The molecule has 2 aromatic heterocycles. The number of hydrogen-bond donors (Lipinski definition) is 5. The van der Waals surface area contributed by atoms with Crippen molar-refractivity contribution in [3.63, 3.8) is 0 Å². The molecule has 1 aliphatic rings. The summed E-state index contributed by atoms with van der Waals surface area (Å²) in [6.07, 6.45) is -1.10. The summed E-state index contributed by atoms with van der Waals surface area (Å²) in [6, 6.07) is 8.06. The summed E-state index contributed by atoms with van der Waals surface area (Å²) in [5, 5.41) is 28.8. The first kappa shape index (κ1) is 20.3. The van der Waals surface area contributed by atoms with Crippen molar-refractivity contribution in [3.05, 3.63) is 41.6 Å². The summed E-state index contributed by atoms with van der Waals surface area (Å²) >= 11 is 4.96. The van der Waals surface area contributed by atoms with Crippen molar-refractivity contribution in [2.75, 3.05) is 12.3 Å². The van der Waals surface area contributed by atoms with E-state index >= 15 is 0 Å². The van der Waals surface area contributed by atoms with Gasteiger partial charge in [-0.15, -0.1) is 0 Å². The van der Waals surface area contributed by atoms with Gasteiger partial charge in [-0.3, -0.25) is 9.55 Å². The number of anilines is 1. The molecule has 1 aliphatic heterocycles. The Labute approximate surface area is 175 Å². The van der Waals surface area contributed by atoms with Gasteiger partial charge in [0, 0.05) is 0 Å². The summed E-state index contributed by atoms with van der Waals surface area (Å²) in [5.74, 6) is 0. The minimum Gasteiger partial charge on any atom is -0.394 e. The molecule has 1 fully saturated rings. The number of nitrogen functional groups attached to an aromatic ring is 1. The number of nitrogens with one attached hydrogen (secondary N) is 1. The van der Waals surface area contributed by atoms with Crippen LogP contribution >= 0.6 is 0 Å². The molecule has 4 unspecified atom stereocenters. The fraction of sp³-hybridized carbons (Fsp3) is 0.312. The fourth-order valence-corrected chi connectivity index (χ4v) is 3.82. The molecule has 11 heteroatoms. The minimum atomic E-state index is -1.16. The van der Waals surface area contributed by atoms with Crippen LogP contribution in [0, 0.1) is 4.64 Å². The van der Waals surface area contributed by atoms with Crippen LogP contribution in [-0.4, -0.2) is 59.8 Å². The molecular formula is C16H19HgN5O4S+. The van der Waals surface area contributed by atoms with Crippen molar-refractivity contribution in [1.29, 1.82) is 0 Å². The van der Waals surface area contributed by atoms with E-state index in [9.17, 15) is 10.2 Å². The zero-order valence-corrected chi connectivity index (χ0v) is 20.7. The number of benzene rings is 1. The maximum atomic E-state index is 9.97. The van der Waals surface area contributed by atoms with Crippen LogP contribution in [0.4, 0.5) is 5.69 Å². The van der Waals surface area contributed by atoms with Gasteiger partial charge in [-0.1, -0.05) is 0 Å². The van der Waals surface area contributed by atoms with Crippen LogP contribution in [0.1, 0.15) is 6.23 Å². The van der Waals surface area contributed by atoms with E-state index in [2.05, 4.69) is 39.3 Å². The first-order chi connectivity index (χ1) is 12.9. The molecular weight excluding hydrogens is 559 g/mol. The number of H-pyrrole nitrogens is 1. The Morgan fingerprint density at radius 3 is 2.52 bits per heavy atom. The zero-order chi connectivity index (χ0) is 19.6. The number of aromatic amines is 1. The predicted octanol–water partition coefficient (Wildman–Crippen LogP) is -1.38. The Kier molecular flexibility index (Phi) is 6.55. The van der Waals surface area contributed by atoms with Crippen molar-refractivity contribution in [1.82, 2.24) is 19.5 Å². The fourth-order valence-electron chi connectivity index (χ4n) is 2.69. The average molecular weight is 578 g/mol. The zero-order valence-electron chi connectivity index (χ0n) is 14.3. The van der Waals surface area contributed by atoms with Gasteiger partial charge in [-0.2, -0.15) is 0 Å². The SMILES string of the molecule is Nc1cc[c]([Hg])cc1.OCC1OC(n2cnc3c(=[SH+])[nH]cnc32)C(O)C1O. The number of fused-ring (bicyclic) bond motifs is 1. The van der Waals surface area contributed by atoms with Crippen LogP contribution in [0.2, 0.25) is 0 Å². The van der Waals surface area contributed by atoms with E-state index in [1.807, 2.05) is 12.1 Å². The van der Waals surface area contributed by atoms with Gasteiger partial charge >= 0.3 is 69.5 Å². The van der Waals surface area contributed by atoms with Gasteiger partial charge in [0.05, 0.1) is 19.3 Å². The third-order valence-electron chi connectivity index (χ3n) is 4.15. The Balaban J connectivity index is 0.000000221. The number of thiol groups is 1. The Morgan fingerprint density at radius 2 is 1.93 bits per heavy atom. The number of aliphatic hydroxyl groups excluding tert-OH is 3. The van der Waals surface area contributed by atoms with Crippen molar-refractivity contribution in [3.8, 4) is 0 Å². The third-order valence-corrected chi connectivity index (χ3v) is 6.32. The summed E-state index contributed by atoms with van der Waals surface area (Å²) < 4.78 is 8.91. The van der Waals surface area contributed by atoms with E-state index in [1.54, 1.807) is 0 Å². The monoisotopic (exact) mass is 579 g/mol. The van der Waals surface area contributed by atoms with Gasteiger partial charge < -0.3 is 20.1 Å². The molecule has 0 spiro atoms. The van der Waals surface area contributed by atoms with E-state index in [0.29, 0.717) is 15.8 Å². The standard InChI is InChI=1S/C10H12N4O4S.C6H6N.Hg/c15-1-4-6(16)7(17)10(18-4)14-3-13-5-8(14)11-2-12-9(5)19;7-6-4-2-1-3-5-6;/h2-4,6-7,10,15-17H,1H2,(H,11,12,19);2-5H,7H2;/p+1. The first-order valence-corrected chi connectivity index (χ1v) is 11.3. The molecule has 4 atom stereocenters. The number of aliphatic hydroxyl groups is 3. The molecule has 0 amide bonds. The van der Waals surface area contributed by atoms with Gasteiger partial charge in [-0.25, -0.2) is 9.97 Å². The molecule has 0 aliphatic carbocycles. The molecule has 0 saturated carbocycles. The molecule has 27 heavy (non-hydrogen) atoms. The number of nitrogens with two attached hydrogens (primary N) is 1. The molecule has 6 N–H and O–H groups in total. The second kappa shape index (κ2) is 8.71. The van der Waals surface area contributed by atoms with E-state index in [1.165, 1.54) is 20.3 Å². The van der Waals surface area contributed by atoms with Crippen LogP contribution in [0.15, 0.2) is 36.9 Å². The minimum absolute atomic E-state index is 0.375. The smallest absolute Gasteiger partial charge is 0.323 e. The first-order valence-electron chi connectivity index (χ1n) is 8.14. The van der Waals surface area contributed by atoms with Crippen molar-refractivity contribution < 1.29 is 46.2 Å². The van der Waals surface area contributed by atoms with Crippen LogP contribution in [0.5, 0.6) is 0 Å². The van der Waals surface area contributed by atoms with Gasteiger partial charge in [0.1, 0.15) is 18.3 Å².